The van der Waals surface area contributed by atoms with Crippen LogP contribution >= 0.6 is 11.3 Å². The largest absolute Gasteiger partial charge is 0.294 e. The van der Waals surface area contributed by atoms with E-state index in [0.717, 1.165) is 19.5 Å². The minimum Gasteiger partial charge on any atom is -0.294 e. The fourth-order valence-electron chi connectivity index (χ4n) is 2.77. The van der Waals surface area contributed by atoms with Crippen LogP contribution in [0.4, 0.5) is 0 Å². The van der Waals surface area contributed by atoms with Crippen LogP contribution in [0.2, 0.25) is 0 Å². The van der Waals surface area contributed by atoms with Gasteiger partial charge in [-0.1, -0.05) is 25.8 Å². The number of thiophene rings is 1. The molecule has 22 heavy (non-hydrogen) atoms. The molecule has 0 radical (unpaired) electrons. The molecule has 1 saturated heterocycles. The van der Waals surface area contributed by atoms with Crippen molar-refractivity contribution < 1.29 is 8.42 Å². The lowest BCUT2D eigenvalue weighted by Gasteiger charge is -2.30. The van der Waals surface area contributed by atoms with Gasteiger partial charge in [-0.15, -0.1) is 11.3 Å². The predicted molar refractivity (Wildman–Crippen MR) is 92.3 cm³/mol. The minimum atomic E-state index is -3.40. The van der Waals surface area contributed by atoms with Crippen molar-refractivity contribution in [2.45, 2.75) is 45.1 Å². The second kappa shape index (κ2) is 8.98. The standard InChI is InChI=1S/C15H27N3O2S2/c1-2-9-16-22(19,20)17-13-14(15-8-7-12-21-15)18-10-5-3-4-6-11-18/h7-8,12,14,16-17H,2-6,9-11,13H2,1H3. The van der Waals surface area contributed by atoms with Crippen LogP contribution in [0.1, 0.15) is 49.9 Å². The normalized spacial score (nSPS) is 19.0. The van der Waals surface area contributed by atoms with Crippen molar-refractivity contribution in [1.29, 1.82) is 0 Å². The van der Waals surface area contributed by atoms with Crippen LogP contribution in [0.25, 0.3) is 0 Å². The van der Waals surface area contributed by atoms with Crippen LogP contribution in [0.3, 0.4) is 0 Å². The number of nitrogens with zero attached hydrogens (tertiary/aromatic N) is 1. The van der Waals surface area contributed by atoms with Gasteiger partial charge in [0.2, 0.25) is 0 Å². The molecule has 0 amide bonds. The summed E-state index contributed by atoms with van der Waals surface area (Å²) >= 11 is 1.70. The Morgan fingerprint density at radius 1 is 1.23 bits per heavy atom. The van der Waals surface area contributed by atoms with Gasteiger partial charge in [0, 0.05) is 18.0 Å². The van der Waals surface area contributed by atoms with Gasteiger partial charge in [0.05, 0.1) is 6.04 Å². The first kappa shape index (κ1) is 17.9. The van der Waals surface area contributed by atoms with Crippen LogP contribution in [-0.2, 0) is 10.2 Å². The monoisotopic (exact) mass is 345 g/mol. The molecular formula is C15H27N3O2S2. The number of nitrogens with one attached hydrogen (secondary N) is 2. The molecule has 1 atom stereocenters. The highest BCUT2D eigenvalue weighted by Gasteiger charge is 2.24. The highest BCUT2D eigenvalue weighted by molar-refractivity contribution is 7.87. The van der Waals surface area contributed by atoms with Gasteiger partial charge >= 0.3 is 0 Å². The highest BCUT2D eigenvalue weighted by Crippen LogP contribution is 2.27. The van der Waals surface area contributed by atoms with Crippen molar-refractivity contribution in [3.05, 3.63) is 22.4 Å². The summed E-state index contributed by atoms with van der Waals surface area (Å²) in [4.78, 5) is 3.67. The summed E-state index contributed by atoms with van der Waals surface area (Å²) in [6, 6.07) is 4.28. The zero-order valence-electron chi connectivity index (χ0n) is 13.3. The van der Waals surface area contributed by atoms with Gasteiger partial charge in [-0.2, -0.15) is 8.42 Å². The van der Waals surface area contributed by atoms with Gasteiger partial charge in [0.1, 0.15) is 0 Å². The Bertz CT molecular complexity index is 509. The zero-order chi connectivity index (χ0) is 15.8. The Morgan fingerprint density at radius 3 is 2.55 bits per heavy atom. The first-order chi connectivity index (χ1) is 10.6. The maximum absolute atomic E-state index is 12.0. The Kier molecular flexibility index (Phi) is 7.30. The van der Waals surface area contributed by atoms with Gasteiger partial charge in [-0.05, 0) is 43.8 Å². The lowest BCUT2D eigenvalue weighted by Crippen LogP contribution is -2.43. The van der Waals surface area contributed by atoms with Crippen molar-refractivity contribution in [3.8, 4) is 0 Å². The molecule has 0 aliphatic carbocycles. The SMILES string of the molecule is CCCNS(=O)(=O)NCC(c1cccs1)N1CCCCCC1. The smallest absolute Gasteiger partial charge is 0.276 e. The molecule has 0 bridgehead atoms. The van der Waals surface area contributed by atoms with E-state index in [9.17, 15) is 8.42 Å². The van der Waals surface area contributed by atoms with Gasteiger partial charge in [0.25, 0.3) is 10.2 Å². The Balaban J connectivity index is 2.02. The molecule has 1 aliphatic rings. The lowest BCUT2D eigenvalue weighted by molar-refractivity contribution is 0.209. The zero-order valence-corrected chi connectivity index (χ0v) is 14.9. The summed E-state index contributed by atoms with van der Waals surface area (Å²) < 4.78 is 29.3. The average Bonchev–Trinajstić information content (AvgIpc) is 2.89. The molecule has 7 heteroatoms. The molecule has 1 aliphatic heterocycles. The third-order valence-electron chi connectivity index (χ3n) is 3.96. The third kappa shape index (κ3) is 5.62. The minimum absolute atomic E-state index is 0.135. The second-order valence-electron chi connectivity index (χ2n) is 5.73. The Hall–Kier alpha value is -0.470. The summed E-state index contributed by atoms with van der Waals surface area (Å²) in [5, 5.41) is 2.06. The van der Waals surface area contributed by atoms with Gasteiger partial charge in [-0.3, -0.25) is 4.90 Å². The summed E-state index contributed by atoms with van der Waals surface area (Å²) in [7, 11) is -3.40. The third-order valence-corrected chi connectivity index (χ3v) is 6.07. The average molecular weight is 346 g/mol. The fourth-order valence-corrected chi connectivity index (χ4v) is 4.59. The van der Waals surface area contributed by atoms with Crippen LogP contribution < -0.4 is 9.44 Å². The molecule has 0 spiro atoms. The van der Waals surface area contributed by atoms with E-state index in [0.29, 0.717) is 13.1 Å². The van der Waals surface area contributed by atoms with Crippen LogP contribution in [0.5, 0.6) is 0 Å². The molecule has 0 saturated carbocycles. The van der Waals surface area contributed by atoms with Crippen LogP contribution in [0, 0.1) is 0 Å². The highest BCUT2D eigenvalue weighted by atomic mass is 32.2. The van der Waals surface area contributed by atoms with Gasteiger partial charge < -0.3 is 0 Å². The Morgan fingerprint density at radius 2 is 1.95 bits per heavy atom. The molecule has 0 aromatic carbocycles. The molecular weight excluding hydrogens is 318 g/mol. The molecule has 1 aromatic heterocycles. The molecule has 2 N–H and O–H groups in total. The second-order valence-corrected chi connectivity index (χ2v) is 8.29. The molecule has 2 rings (SSSR count). The molecule has 1 aromatic rings. The van der Waals surface area contributed by atoms with E-state index >= 15 is 0 Å². The summed E-state index contributed by atoms with van der Waals surface area (Å²) in [6.07, 6.45) is 5.74. The van der Waals surface area contributed by atoms with E-state index in [1.165, 1.54) is 30.6 Å². The van der Waals surface area contributed by atoms with Crippen LogP contribution in [0.15, 0.2) is 17.5 Å². The van der Waals surface area contributed by atoms with E-state index in [4.69, 9.17) is 0 Å². The topological polar surface area (TPSA) is 61.4 Å². The number of likely N-dealkylation sites (tertiary alicyclic amines) is 1. The summed E-state index contributed by atoms with van der Waals surface area (Å²) in [5.41, 5.74) is 0. The van der Waals surface area contributed by atoms with Gasteiger partial charge in [0.15, 0.2) is 0 Å². The van der Waals surface area contributed by atoms with E-state index in [1.807, 2.05) is 13.0 Å². The van der Waals surface area contributed by atoms with Crippen molar-refractivity contribution in [2.24, 2.45) is 0 Å². The van der Waals surface area contributed by atoms with Crippen molar-refractivity contribution >= 4 is 21.5 Å². The quantitative estimate of drug-likeness (QED) is 0.761. The molecule has 126 valence electrons. The summed E-state index contributed by atoms with van der Waals surface area (Å²) in [6.45, 7) is 4.95. The first-order valence-corrected chi connectivity index (χ1v) is 10.5. The van der Waals surface area contributed by atoms with Crippen molar-refractivity contribution in [2.75, 3.05) is 26.2 Å². The maximum atomic E-state index is 12.0. The van der Waals surface area contributed by atoms with E-state index in [2.05, 4.69) is 25.8 Å². The lowest BCUT2D eigenvalue weighted by atomic mass is 10.2. The van der Waals surface area contributed by atoms with Crippen molar-refractivity contribution in [1.82, 2.24) is 14.3 Å². The molecule has 5 nitrogen and oxygen atoms in total. The van der Waals surface area contributed by atoms with Crippen LogP contribution in [-0.4, -0.2) is 39.5 Å². The van der Waals surface area contributed by atoms with E-state index in [-0.39, 0.29) is 6.04 Å². The Labute approximate surface area is 138 Å². The van der Waals surface area contributed by atoms with Crippen molar-refractivity contribution in [3.63, 3.8) is 0 Å². The first-order valence-electron chi connectivity index (χ1n) is 8.14. The molecule has 1 unspecified atom stereocenters. The number of hydrogen-bond donors (Lipinski definition) is 2. The number of hydrogen-bond acceptors (Lipinski definition) is 4. The van der Waals surface area contributed by atoms with Gasteiger partial charge in [-0.25, -0.2) is 9.44 Å². The number of rotatable bonds is 8. The van der Waals surface area contributed by atoms with E-state index < -0.39 is 10.2 Å². The molecule has 2 heterocycles. The maximum Gasteiger partial charge on any atom is 0.276 e. The molecule has 1 fully saturated rings. The fraction of sp³-hybridized carbons (Fsp3) is 0.733. The predicted octanol–water partition coefficient (Wildman–Crippen LogP) is 2.50. The summed E-state index contributed by atoms with van der Waals surface area (Å²) in [5.74, 6) is 0. The van der Waals surface area contributed by atoms with E-state index in [1.54, 1.807) is 11.3 Å².